The SMILES string of the molecule is O=[S+]C(F)(F)C(F)Cl. The minimum Gasteiger partial charge on any atom is -0.216 e. The number of hydrogen-bond donors (Lipinski definition) is 0. The molecule has 0 rings (SSSR count). The molecular weight excluding hydrogens is 165 g/mol. The molecule has 0 amide bonds. The quantitative estimate of drug-likeness (QED) is 0.448. The first-order chi connectivity index (χ1) is 3.50. The van der Waals surface area contributed by atoms with Gasteiger partial charge in [0.15, 0.2) is 0 Å². The van der Waals surface area contributed by atoms with Crippen molar-refractivity contribution in [2.45, 2.75) is 10.9 Å². The van der Waals surface area contributed by atoms with Gasteiger partial charge in [-0.2, -0.15) is 0 Å². The molecule has 0 N–H and O–H groups in total. The van der Waals surface area contributed by atoms with Crippen molar-refractivity contribution in [2.24, 2.45) is 0 Å². The summed E-state index contributed by atoms with van der Waals surface area (Å²) in [6, 6.07) is 0. The molecule has 0 aromatic rings. The van der Waals surface area contributed by atoms with Crippen LogP contribution in [-0.2, 0) is 15.9 Å². The Morgan fingerprint density at radius 3 is 2.00 bits per heavy atom. The van der Waals surface area contributed by atoms with Crippen molar-refractivity contribution >= 4 is 23.3 Å². The van der Waals surface area contributed by atoms with Gasteiger partial charge in [0.1, 0.15) is 0 Å². The van der Waals surface area contributed by atoms with Gasteiger partial charge in [-0.1, -0.05) is 11.6 Å². The van der Waals surface area contributed by atoms with E-state index in [9.17, 15) is 17.4 Å². The van der Waals surface area contributed by atoms with Crippen molar-refractivity contribution in [1.29, 1.82) is 0 Å². The third-order valence-corrected chi connectivity index (χ3v) is 1.20. The Hall–Kier alpha value is 0.1000. The summed E-state index contributed by atoms with van der Waals surface area (Å²) in [5.74, 6) is 0. The minimum atomic E-state index is -4.00. The van der Waals surface area contributed by atoms with Crippen LogP contribution in [0.1, 0.15) is 0 Å². The van der Waals surface area contributed by atoms with Crippen LogP contribution in [0.2, 0.25) is 0 Å². The minimum absolute atomic E-state index is 1.16. The zero-order chi connectivity index (χ0) is 6.78. The monoisotopic (exact) mass is 165 g/mol. The molecule has 1 unspecified atom stereocenters. The van der Waals surface area contributed by atoms with Crippen molar-refractivity contribution in [2.75, 3.05) is 0 Å². The summed E-state index contributed by atoms with van der Waals surface area (Å²) >= 11 is 3.08. The number of rotatable bonds is 2. The lowest BCUT2D eigenvalue weighted by atomic mass is 10.8. The second-order valence-electron chi connectivity index (χ2n) is 0.946. The second-order valence-corrected chi connectivity index (χ2v) is 2.04. The fourth-order valence-electron chi connectivity index (χ4n) is 0.0364. The topological polar surface area (TPSA) is 17.1 Å². The Morgan fingerprint density at radius 2 is 2.00 bits per heavy atom. The van der Waals surface area contributed by atoms with Gasteiger partial charge >= 0.3 is 22.6 Å². The largest absolute Gasteiger partial charge is 0.575 e. The molecule has 1 atom stereocenters. The highest BCUT2D eigenvalue weighted by Gasteiger charge is 2.55. The van der Waals surface area contributed by atoms with Gasteiger partial charge in [-0.05, 0) is 0 Å². The van der Waals surface area contributed by atoms with E-state index in [2.05, 4.69) is 11.6 Å². The molecule has 48 valence electrons. The van der Waals surface area contributed by atoms with Gasteiger partial charge in [-0.15, -0.1) is 8.78 Å². The van der Waals surface area contributed by atoms with Gasteiger partial charge in [0.25, 0.3) is 0 Å². The van der Waals surface area contributed by atoms with Crippen LogP contribution in [-0.4, -0.2) is 10.9 Å². The van der Waals surface area contributed by atoms with E-state index in [1.165, 1.54) is 0 Å². The summed E-state index contributed by atoms with van der Waals surface area (Å²) in [4.78, 5) is 0. The Morgan fingerprint density at radius 1 is 1.62 bits per heavy atom. The molecule has 0 fully saturated rings. The van der Waals surface area contributed by atoms with E-state index in [1.807, 2.05) is 0 Å². The van der Waals surface area contributed by atoms with Crippen molar-refractivity contribution in [3.05, 3.63) is 0 Å². The summed E-state index contributed by atoms with van der Waals surface area (Å²) < 4.78 is 43.3. The normalized spacial score (nSPS) is 15.5. The third kappa shape index (κ3) is 1.92. The molecule has 0 aliphatic carbocycles. The smallest absolute Gasteiger partial charge is 0.216 e. The van der Waals surface area contributed by atoms with E-state index < -0.39 is 22.6 Å². The van der Waals surface area contributed by atoms with Gasteiger partial charge in [0.2, 0.25) is 0 Å². The molecule has 0 aromatic heterocycles. The van der Waals surface area contributed by atoms with E-state index in [0.717, 1.165) is 0 Å². The van der Waals surface area contributed by atoms with Crippen LogP contribution in [0.15, 0.2) is 0 Å². The lowest BCUT2D eigenvalue weighted by Gasteiger charge is -1.92. The van der Waals surface area contributed by atoms with E-state index >= 15 is 0 Å². The van der Waals surface area contributed by atoms with Gasteiger partial charge in [-0.25, -0.2) is 4.39 Å². The van der Waals surface area contributed by atoms with Gasteiger partial charge in [-0.3, -0.25) is 0 Å². The number of alkyl halides is 4. The van der Waals surface area contributed by atoms with Crippen LogP contribution in [0.25, 0.3) is 0 Å². The van der Waals surface area contributed by atoms with Gasteiger partial charge in [0, 0.05) is 4.21 Å². The highest BCUT2D eigenvalue weighted by Crippen LogP contribution is 2.23. The molecule has 0 heterocycles. The van der Waals surface area contributed by atoms with E-state index in [-0.39, 0.29) is 0 Å². The molecule has 0 aliphatic heterocycles. The standard InChI is InChI=1S/C2HClF3OS/c3-1(4)2(5,6)8-7/h1H/q+1. The van der Waals surface area contributed by atoms with Gasteiger partial charge < -0.3 is 0 Å². The van der Waals surface area contributed by atoms with Crippen LogP contribution >= 0.6 is 11.6 Å². The summed E-state index contributed by atoms with van der Waals surface area (Å²) in [7, 11) is 0. The van der Waals surface area contributed by atoms with Crippen LogP contribution in [0.3, 0.4) is 0 Å². The fourth-order valence-corrected chi connectivity index (χ4v) is 0.218. The Kier molecular flexibility index (Phi) is 2.62. The second kappa shape index (κ2) is 2.59. The zero-order valence-corrected chi connectivity index (χ0v) is 4.98. The maximum atomic E-state index is 11.4. The van der Waals surface area contributed by atoms with Crippen molar-refractivity contribution < 1.29 is 17.4 Å². The Bertz CT molecular complexity index is 95.3. The number of halogens is 4. The van der Waals surface area contributed by atoms with Crippen LogP contribution < -0.4 is 0 Å². The maximum absolute atomic E-state index is 11.4. The molecule has 0 saturated heterocycles. The predicted molar refractivity (Wildman–Crippen MR) is 23.7 cm³/mol. The highest BCUT2D eigenvalue weighted by molar-refractivity contribution is 7.66. The van der Waals surface area contributed by atoms with Crippen molar-refractivity contribution in [3.8, 4) is 0 Å². The first-order valence-electron chi connectivity index (χ1n) is 1.47. The zero-order valence-electron chi connectivity index (χ0n) is 3.41. The average Bonchev–Trinajstić information content (AvgIpc) is 1.67. The maximum Gasteiger partial charge on any atom is 0.575 e. The molecule has 6 heteroatoms. The summed E-state index contributed by atoms with van der Waals surface area (Å²) in [5, 5.41) is -4.00. The van der Waals surface area contributed by atoms with Gasteiger partial charge in [0.05, 0.1) is 0 Å². The Labute approximate surface area is 52.3 Å². The third-order valence-electron chi connectivity index (χ3n) is 0.365. The van der Waals surface area contributed by atoms with Crippen LogP contribution in [0, 0.1) is 0 Å². The van der Waals surface area contributed by atoms with Crippen molar-refractivity contribution in [1.82, 2.24) is 0 Å². The first-order valence-corrected chi connectivity index (χ1v) is 2.65. The van der Waals surface area contributed by atoms with E-state index in [1.54, 1.807) is 0 Å². The summed E-state index contributed by atoms with van der Waals surface area (Å²) in [6.45, 7) is 0. The lowest BCUT2D eigenvalue weighted by molar-refractivity contribution is 0.0503. The van der Waals surface area contributed by atoms with E-state index in [4.69, 9.17) is 0 Å². The molecular formula is C2HClF3OS+. The van der Waals surface area contributed by atoms with Crippen molar-refractivity contribution in [3.63, 3.8) is 0 Å². The van der Waals surface area contributed by atoms with Crippen LogP contribution in [0.4, 0.5) is 13.2 Å². The summed E-state index contributed by atoms with van der Waals surface area (Å²) in [5.41, 5.74) is -2.90. The molecule has 0 aromatic carbocycles. The molecule has 1 nitrogen and oxygen atoms in total. The fraction of sp³-hybridized carbons (Fsp3) is 1.00. The molecule has 8 heavy (non-hydrogen) atoms. The molecule has 0 saturated carbocycles. The van der Waals surface area contributed by atoms with E-state index in [0.29, 0.717) is 0 Å². The summed E-state index contributed by atoms with van der Waals surface area (Å²) in [6.07, 6.45) is 0. The molecule has 0 spiro atoms. The number of hydrogen-bond acceptors (Lipinski definition) is 1. The lowest BCUT2D eigenvalue weighted by Crippen LogP contribution is -2.23. The highest BCUT2D eigenvalue weighted by atomic mass is 35.5. The molecule has 0 aliphatic rings. The van der Waals surface area contributed by atoms with Crippen LogP contribution in [0.5, 0.6) is 0 Å². The first kappa shape index (κ1) is 8.10. The molecule has 0 bridgehead atoms. The predicted octanol–water partition coefficient (Wildman–Crippen LogP) is 1.54. The molecule has 0 radical (unpaired) electrons. The Balaban J connectivity index is 3.90. The average molecular weight is 166 g/mol.